The van der Waals surface area contributed by atoms with Crippen LogP contribution in [0.15, 0.2) is 0 Å². The minimum Gasteiger partial charge on any atom is -0.365 e. The van der Waals surface area contributed by atoms with Crippen molar-refractivity contribution in [3.63, 3.8) is 0 Å². The molecule has 0 aromatic carbocycles. The predicted molar refractivity (Wildman–Crippen MR) is 59.0 cm³/mol. The van der Waals surface area contributed by atoms with Crippen LogP contribution < -0.4 is 16.0 Å². The summed E-state index contributed by atoms with van der Waals surface area (Å²) in [6.45, 7) is 3.48. The molecule has 3 amide bonds. The lowest BCUT2D eigenvalue weighted by atomic mass is 10.1. The summed E-state index contributed by atoms with van der Waals surface area (Å²) >= 11 is 0. The van der Waals surface area contributed by atoms with Gasteiger partial charge in [-0.1, -0.05) is 0 Å². The number of hydrogen-bond acceptors (Lipinski definition) is 4. The van der Waals surface area contributed by atoms with Gasteiger partial charge in [0, 0.05) is 7.05 Å². The van der Waals surface area contributed by atoms with Crippen LogP contribution in [0.5, 0.6) is 0 Å². The summed E-state index contributed by atoms with van der Waals surface area (Å²) in [5.41, 5.74) is 0. The molecule has 6 nitrogen and oxygen atoms in total. The average Bonchev–Trinajstić information content (AvgIpc) is 2.30. The van der Waals surface area contributed by atoms with Crippen LogP contribution >= 0.6 is 0 Å². The van der Waals surface area contributed by atoms with E-state index in [1.165, 1.54) is 7.05 Å². The third kappa shape index (κ3) is 4.16. The summed E-state index contributed by atoms with van der Waals surface area (Å²) in [4.78, 5) is 22.4. The first kappa shape index (κ1) is 12.9. The second-order valence-corrected chi connectivity index (χ2v) is 3.80. The molecule has 1 saturated heterocycles. The molecular formula is C10H19N3O3. The summed E-state index contributed by atoms with van der Waals surface area (Å²) in [5.74, 6) is -0.405. The number of carbonyl (C=O) groups excluding carboxylic acids is 2. The van der Waals surface area contributed by atoms with Crippen LogP contribution in [-0.4, -0.2) is 44.3 Å². The van der Waals surface area contributed by atoms with Crippen LogP contribution in [0.1, 0.15) is 19.8 Å². The Hall–Kier alpha value is -1.14. The number of imide groups is 1. The van der Waals surface area contributed by atoms with E-state index in [0.717, 1.165) is 25.9 Å². The molecule has 6 heteroatoms. The average molecular weight is 229 g/mol. The molecule has 16 heavy (non-hydrogen) atoms. The van der Waals surface area contributed by atoms with Crippen molar-refractivity contribution in [3.8, 4) is 0 Å². The number of piperidine rings is 1. The minimum atomic E-state index is -0.597. The summed E-state index contributed by atoms with van der Waals surface area (Å²) in [7, 11) is 1.46. The molecule has 1 fully saturated rings. The van der Waals surface area contributed by atoms with Gasteiger partial charge in [-0.3, -0.25) is 10.1 Å². The molecule has 0 bridgehead atoms. The van der Waals surface area contributed by atoms with Gasteiger partial charge in [0.1, 0.15) is 6.10 Å². The molecule has 1 heterocycles. The second-order valence-electron chi connectivity index (χ2n) is 3.80. The Morgan fingerprint density at radius 1 is 1.38 bits per heavy atom. The Balaban J connectivity index is 2.29. The lowest BCUT2D eigenvalue weighted by molar-refractivity contribution is -0.135. The first-order valence-corrected chi connectivity index (χ1v) is 5.52. The fourth-order valence-electron chi connectivity index (χ4n) is 1.56. The first-order valence-electron chi connectivity index (χ1n) is 5.52. The summed E-state index contributed by atoms with van der Waals surface area (Å²) in [6, 6.07) is -0.509. The maximum absolute atomic E-state index is 11.5. The van der Waals surface area contributed by atoms with E-state index >= 15 is 0 Å². The van der Waals surface area contributed by atoms with Crippen molar-refractivity contribution in [1.82, 2.24) is 16.0 Å². The summed E-state index contributed by atoms with van der Waals surface area (Å²) in [5, 5.41) is 7.72. The van der Waals surface area contributed by atoms with Gasteiger partial charge in [0.15, 0.2) is 0 Å². The van der Waals surface area contributed by atoms with Crippen molar-refractivity contribution >= 4 is 11.9 Å². The number of hydrogen-bond donors (Lipinski definition) is 3. The highest BCUT2D eigenvalue weighted by Gasteiger charge is 2.21. The van der Waals surface area contributed by atoms with Crippen LogP contribution in [0.4, 0.5) is 4.79 Å². The highest BCUT2D eigenvalue weighted by Crippen LogP contribution is 2.09. The quantitative estimate of drug-likeness (QED) is 0.615. The van der Waals surface area contributed by atoms with Gasteiger partial charge in [0.2, 0.25) is 0 Å². The molecule has 0 aromatic rings. The van der Waals surface area contributed by atoms with E-state index in [2.05, 4.69) is 16.0 Å². The van der Waals surface area contributed by atoms with E-state index in [4.69, 9.17) is 4.74 Å². The Morgan fingerprint density at radius 2 is 2.00 bits per heavy atom. The normalized spacial score (nSPS) is 18.9. The Morgan fingerprint density at radius 3 is 2.56 bits per heavy atom. The van der Waals surface area contributed by atoms with Gasteiger partial charge in [-0.05, 0) is 32.9 Å². The van der Waals surface area contributed by atoms with Gasteiger partial charge in [0.05, 0.1) is 6.10 Å². The van der Waals surface area contributed by atoms with Crippen LogP contribution in [0, 0.1) is 0 Å². The fraction of sp³-hybridized carbons (Fsp3) is 0.800. The van der Waals surface area contributed by atoms with Crippen molar-refractivity contribution < 1.29 is 14.3 Å². The largest absolute Gasteiger partial charge is 0.365 e. The first-order chi connectivity index (χ1) is 7.63. The molecule has 0 aliphatic carbocycles. The van der Waals surface area contributed by atoms with E-state index in [1.807, 2.05) is 0 Å². The topological polar surface area (TPSA) is 79.5 Å². The number of carbonyl (C=O) groups is 2. The smallest absolute Gasteiger partial charge is 0.321 e. The third-order valence-electron chi connectivity index (χ3n) is 2.52. The van der Waals surface area contributed by atoms with E-state index in [0.29, 0.717) is 0 Å². The molecule has 3 N–H and O–H groups in total. The molecule has 1 rings (SSSR count). The second kappa shape index (κ2) is 6.44. The van der Waals surface area contributed by atoms with Crippen molar-refractivity contribution in [3.05, 3.63) is 0 Å². The van der Waals surface area contributed by atoms with Gasteiger partial charge >= 0.3 is 6.03 Å². The maximum Gasteiger partial charge on any atom is 0.321 e. The van der Waals surface area contributed by atoms with Gasteiger partial charge in [-0.25, -0.2) is 4.79 Å². The standard InChI is InChI=1S/C10H19N3O3/c1-7(9(14)13-10(15)11-2)16-8-3-5-12-6-4-8/h7-8,12H,3-6H2,1-2H3,(H2,11,13,14,15). The monoisotopic (exact) mass is 229 g/mol. The van der Waals surface area contributed by atoms with Gasteiger partial charge in [0.25, 0.3) is 5.91 Å². The highest BCUT2D eigenvalue weighted by molar-refractivity contribution is 5.96. The Kier molecular flexibility index (Phi) is 5.21. The zero-order chi connectivity index (χ0) is 12.0. The molecule has 0 radical (unpaired) electrons. The van der Waals surface area contributed by atoms with Crippen LogP contribution in [-0.2, 0) is 9.53 Å². The van der Waals surface area contributed by atoms with Crippen LogP contribution in [0.25, 0.3) is 0 Å². The molecule has 0 aromatic heterocycles. The summed E-state index contributed by atoms with van der Waals surface area (Å²) < 4.78 is 5.57. The van der Waals surface area contributed by atoms with Gasteiger partial charge in [-0.2, -0.15) is 0 Å². The maximum atomic E-state index is 11.5. The molecular weight excluding hydrogens is 210 g/mol. The zero-order valence-electron chi connectivity index (χ0n) is 9.71. The van der Waals surface area contributed by atoms with Crippen molar-refractivity contribution in [2.75, 3.05) is 20.1 Å². The van der Waals surface area contributed by atoms with Crippen molar-refractivity contribution in [1.29, 1.82) is 0 Å². The Bertz CT molecular complexity index is 252. The number of amides is 3. The van der Waals surface area contributed by atoms with Crippen LogP contribution in [0.3, 0.4) is 0 Å². The van der Waals surface area contributed by atoms with E-state index in [9.17, 15) is 9.59 Å². The lowest BCUT2D eigenvalue weighted by Gasteiger charge is -2.25. The molecule has 1 aliphatic heterocycles. The number of rotatable bonds is 3. The van der Waals surface area contributed by atoms with Gasteiger partial charge < -0.3 is 15.4 Å². The molecule has 1 unspecified atom stereocenters. The molecule has 1 aliphatic rings. The number of urea groups is 1. The third-order valence-corrected chi connectivity index (χ3v) is 2.52. The molecule has 1 atom stereocenters. The predicted octanol–water partition coefficient (Wildman–Crippen LogP) is -0.401. The molecule has 0 spiro atoms. The molecule has 92 valence electrons. The summed E-state index contributed by atoms with van der Waals surface area (Å²) in [6.07, 6.45) is 1.31. The van der Waals surface area contributed by atoms with Crippen molar-refractivity contribution in [2.45, 2.75) is 32.0 Å². The van der Waals surface area contributed by atoms with Crippen LogP contribution in [0.2, 0.25) is 0 Å². The lowest BCUT2D eigenvalue weighted by Crippen LogP contribution is -2.45. The Labute approximate surface area is 95.1 Å². The molecule has 0 saturated carbocycles. The fourth-order valence-corrected chi connectivity index (χ4v) is 1.56. The number of nitrogens with one attached hydrogen (secondary N) is 3. The van der Waals surface area contributed by atoms with E-state index in [-0.39, 0.29) is 6.10 Å². The number of ether oxygens (including phenoxy) is 1. The van der Waals surface area contributed by atoms with E-state index in [1.54, 1.807) is 6.92 Å². The van der Waals surface area contributed by atoms with Gasteiger partial charge in [-0.15, -0.1) is 0 Å². The minimum absolute atomic E-state index is 0.103. The SMILES string of the molecule is CNC(=O)NC(=O)C(C)OC1CCNCC1. The van der Waals surface area contributed by atoms with E-state index < -0.39 is 18.0 Å². The zero-order valence-corrected chi connectivity index (χ0v) is 9.71. The van der Waals surface area contributed by atoms with Crippen molar-refractivity contribution in [2.24, 2.45) is 0 Å². The highest BCUT2D eigenvalue weighted by atomic mass is 16.5.